The van der Waals surface area contributed by atoms with Crippen LogP contribution >= 0.6 is 0 Å². The third-order valence-electron chi connectivity index (χ3n) is 3.87. The second-order valence-electron chi connectivity index (χ2n) is 5.48. The average Bonchev–Trinajstić information content (AvgIpc) is 2.55. The molecule has 0 N–H and O–H groups in total. The fourth-order valence-electron chi connectivity index (χ4n) is 2.72. The molecule has 0 aliphatic heterocycles. The second kappa shape index (κ2) is 6.02. The highest BCUT2D eigenvalue weighted by Gasteiger charge is 2.10. The van der Waals surface area contributed by atoms with Gasteiger partial charge in [-0.15, -0.1) is 0 Å². The van der Waals surface area contributed by atoms with Crippen molar-refractivity contribution >= 4 is 16.7 Å². The third kappa shape index (κ3) is 2.86. The lowest BCUT2D eigenvalue weighted by molar-refractivity contribution is -0.139. The summed E-state index contributed by atoms with van der Waals surface area (Å²) in [5, 5.41) is 2.26. The molecule has 3 aromatic carbocycles. The Balaban J connectivity index is 2.20. The fraction of sp³-hybridized carbons (Fsp3) is 0.150. The standard InChI is InChI=1S/C20H18O2/c1-14-8-9-16-11-17(15-6-4-3-5-7-15)12-18(19(16)10-14)13-20(21)22-2/h3-12H,13H2,1-2H3. The van der Waals surface area contributed by atoms with E-state index in [1.807, 2.05) is 18.2 Å². The van der Waals surface area contributed by atoms with Crippen LogP contribution < -0.4 is 0 Å². The van der Waals surface area contributed by atoms with E-state index in [1.165, 1.54) is 12.7 Å². The van der Waals surface area contributed by atoms with E-state index in [9.17, 15) is 4.79 Å². The first kappa shape index (κ1) is 14.3. The van der Waals surface area contributed by atoms with Crippen molar-refractivity contribution in [2.24, 2.45) is 0 Å². The monoisotopic (exact) mass is 290 g/mol. The summed E-state index contributed by atoms with van der Waals surface area (Å²) >= 11 is 0. The molecule has 0 heterocycles. The average molecular weight is 290 g/mol. The minimum Gasteiger partial charge on any atom is -0.469 e. The molecule has 2 heteroatoms. The molecule has 0 atom stereocenters. The van der Waals surface area contributed by atoms with Gasteiger partial charge in [0.25, 0.3) is 0 Å². The Hall–Kier alpha value is -2.61. The normalized spacial score (nSPS) is 10.6. The molecule has 3 rings (SSSR count). The Morgan fingerprint density at radius 1 is 0.955 bits per heavy atom. The molecule has 110 valence electrons. The topological polar surface area (TPSA) is 26.3 Å². The van der Waals surface area contributed by atoms with Crippen LogP contribution in [0.4, 0.5) is 0 Å². The van der Waals surface area contributed by atoms with Crippen LogP contribution in [-0.2, 0) is 16.0 Å². The van der Waals surface area contributed by atoms with Crippen molar-refractivity contribution in [1.82, 2.24) is 0 Å². The minimum absolute atomic E-state index is 0.215. The number of aryl methyl sites for hydroxylation is 1. The summed E-state index contributed by atoms with van der Waals surface area (Å²) in [6.45, 7) is 2.06. The van der Waals surface area contributed by atoms with Crippen LogP contribution in [0.3, 0.4) is 0 Å². The second-order valence-corrected chi connectivity index (χ2v) is 5.48. The Labute approximate surface area is 130 Å². The third-order valence-corrected chi connectivity index (χ3v) is 3.87. The molecule has 0 bridgehead atoms. The summed E-state index contributed by atoms with van der Waals surface area (Å²) in [5.74, 6) is -0.215. The molecule has 0 saturated carbocycles. The molecule has 0 aliphatic carbocycles. The molecule has 2 nitrogen and oxygen atoms in total. The summed E-state index contributed by atoms with van der Waals surface area (Å²) in [7, 11) is 1.43. The number of hydrogen-bond acceptors (Lipinski definition) is 2. The van der Waals surface area contributed by atoms with Crippen LogP contribution in [0, 0.1) is 6.92 Å². The molecule has 0 aliphatic rings. The van der Waals surface area contributed by atoms with E-state index >= 15 is 0 Å². The van der Waals surface area contributed by atoms with E-state index in [0.717, 1.165) is 27.5 Å². The Morgan fingerprint density at radius 3 is 2.45 bits per heavy atom. The predicted octanol–water partition coefficient (Wildman–Crippen LogP) is 4.53. The van der Waals surface area contributed by atoms with E-state index in [2.05, 4.69) is 49.4 Å². The van der Waals surface area contributed by atoms with Gasteiger partial charge in [0.1, 0.15) is 0 Å². The van der Waals surface area contributed by atoms with Gasteiger partial charge in [0.15, 0.2) is 0 Å². The number of carbonyl (C=O) groups excluding carboxylic acids is 1. The number of methoxy groups -OCH3 is 1. The van der Waals surface area contributed by atoms with Crippen LogP contribution in [-0.4, -0.2) is 13.1 Å². The number of esters is 1. The molecule has 3 aromatic rings. The number of fused-ring (bicyclic) bond motifs is 1. The summed E-state index contributed by atoms with van der Waals surface area (Å²) in [5.41, 5.74) is 4.46. The van der Waals surface area contributed by atoms with Gasteiger partial charge in [-0.05, 0) is 46.5 Å². The smallest absolute Gasteiger partial charge is 0.310 e. The lowest BCUT2D eigenvalue weighted by Gasteiger charge is -2.11. The number of rotatable bonds is 3. The van der Waals surface area contributed by atoms with Crippen LogP contribution in [0.15, 0.2) is 60.7 Å². The molecular weight excluding hydrogens is 272 g/mol. The molecule has 0 fully saturated rings. The van der Waals surface area contributed by atoms with Crippen molar-refractivity contribution < 1.29 is 9.53 Å². The highest BCUT2D eigenvalue weighted by atomic mass is 16.5. The Morgan fingerprint density at radius 2 is 1.73 bits per heavy atom. The molecule has 0 unspecified atom stereocenters. The predicted molar refractivity (Wildman–Crippen MR) is 89.8 cm³/mol. The van der Waals surface area contributed by atoms with Crippen molar-refractivity contribution in [2.75, 3.05) is 7.11 Å². The number of hydrogen-bond donors (Lipinski definition) is 0. The summed E-state index contributed by atoms with van der Waals surface area (Å²) < 4.78 is 4.84. The highest BCUT2D eigenvalue weighted by Crippen LogP contribution is 2.29. The molecule has 0 spiro atoms. The first-order chi connectivity index (χ1) is 10.7. The minimum atomic E-state index is -0.215. The van der Waals surface area contributed by atoms with E-state index < -0.39 is 0 Å². The molecule has 0 radical (unpaired) electrons. The summed E-state index contributed by atoms with van der Waals surface area (Å²) in [6, 6.07) is 20.8. The Bertz CT molecular complexity index is 820. The van der Waals surface area contributed by atoms with Gasteiger partial charge in [0.2, 0.25) is 0 Å². The SMILES string of the molecule is COC(=O)Cc1cc(-c2ccccc2)cc2ccc(C)cc12. The highest BCUT2D eigenvalue weighted by molar-refractivity contribution is 5.93. The van der Waals surface area contributed by atoms with Gasteiger partial charge in [-0.25, -0.2) is 0 Å². The van der Waals surface area contributed by atoms with Gasteiger partial charge < -0.3 is 4.74 Å². The van der Waals surface area contributed by atoms with Crippen molar-refractivity contribution in [3.8, 4) is 11.1 Å². The molecule has 0 amide bonds. The van der Waals surface area contributed by atoms with Crippen molar-refractivity contribution in [2.45, 2.75) is 13.3 Å². The maximum atomic E-state index is 11.7. The van der Waals surface area contributed by atoms with E-state index in [-0.39, 0.29) is 12.4 Å². The van der Waals surface area contributed by atoms with Gasteiger partial charge in [0, 0.05) is 0 Å². The number of carbonyl (C=O) groups is 1. The zero-order chi connectivity index (χ0) is 15.5. The van der Waals surface area contributed by atoms with Gasteiger partial charge >= 0.3 is 5.97 Å². The van der Waals surface area contributed by atoms with Crippen LogP contribution in [0.25, 0.3) is 21.9 Å². The number of ether oxygens (including phenoxy) is 1. The number of benzene rings is 3. The van der Waals surface area contributed by atoms with Gasteiger partial charge in [-0.2, -0.15) is 0 Å². The van der Waals surface area contributed by atoms with Crippen molar-refractivity contribution in [1.29, 1.82) is 0 Å². The van der Waals surface area contributed by atoms with Crippen molar-refractivity contribution in [3.05, 3.63) is 71.8 Å². The lowest BCUT2D eigenvalue weighted by Crippen LogP contribution is -2.05. The maximum absolute atomic E-state index is 11.7. The van der Waals surface area contributed by atoms with Crippen molar-refractivity contribution in [3.63, 3.8) is 0 Å². The Kier molecular flexibility index (Phi) is 3.92. The van der Waals surface area contributed by atoms with Gasteiger partial charge in [0.05, 0.1) is 13.5 Å². The van der Waals surface area contributed by atoms with Gasteiger partial charge in [-0.3, -0.25) is 4.79 Å². The maximum Gasteiger partial charge on any atom is 0.310 e. The fourth-order valence-corrected chi connectivity index (χ4v) is 2.72. The first-order valence-electron chi connectivity index (χ1n) is 7.33. The molecule has 0 aromatic heterocycles. The van der Waals surface area contributed by atoms with Gasteiger partial charge in [-0.1, -0.05) is 54.1 Å². The lowest BCUT2D eigenvalue weighted by atomic mass is 9.94. The summed E-state index contributed by atoms with van der Waals surface area (Å²) in [6.07, 6.45) is 0.289. The quantitative estimate of drug-likeness (QED) is 0.662. The van der Waals surface area contributed by atoms with E-state index in [1.54, 1.807) is 0 Å². The molecular formula is C20H18O2. The molecule has 0 saturated heterocycles. The van der Waals surface area contributed by atoms with E-state index in [0.29, 0.717) is 0 Å². The zero-order valence-electron chi connectivity index (χ0n) is 12.8. The molecule has 22 heavy (non-hydrogen) atoms. The largest absolute Gasteiger partial charge is 0.469 e. The van der Waals surface area contributed by atoms with Crippen LogP contribution in [0.1, 0.15) is 11.1 Å². The summed E-state index contributed by atoms with van der Waals surface area (Å²) in [4.78, 5) is 11.7. The van der Waals surface area contributed by atoms with Crippen LogP contribution in [0.2, 0.25) is 0 Å². The van der Waals surface area contributed by atoms with Crippen LogP contribution in [0.5, 0.6) is 0 Å². The zero-order valence-corrected chi connectivity index (χ0v) is 12.8. The van der Waals surface area contributed by atoms with E-state index in [4.69, 9.17) is 4.74 Å². The first-order valence-corrected chi connectivity index (χ1v) is 7.33.